The van der Waals surface area contributed by atoms with E-state index in [1.165, 1.54) is 6.33 Å². The minimum Gasteiger partial charge on any atom is -0.352 e. The maximum atomic E-state index is 12.4. The summed E-state index contributed by atoms with van der Waals surface area (Å²) in [6.07, 6.45) is 4.66. The van der Waals surface area contributed by atoms with Crippen molar-refractivity contribution < 1.29 is 4.79 Å². The molecule has 1 amide bonds. The van der Waals surface area contributed by atoms with Crippen LogP contribution in [0.2, 0.25) is 0 Å². The summed E-state index contributed by atoms with van der Waals surface area (Å²) in [7, 11) is 0. The van der Waals surface area contributed by atoms with E-state index in [4.69, 9.17) is 0 Å². The van der Waals surface area contributed by atoms with Crippen molar-refractivity contribution in [3.8, 4) is 0 Å². The van der Waals surface area contributed by atoms with E-state index in [9.17, 15) is 4.79 Å². The van der Waals surface area contributed by atoms with E-state index in [1.54, 1.807) is 17.2 Å². The van der Waals surface area contributed by atoms with Gasteiger partial charge in [0.05, 0.1) is 0 Å². The quantitative estimate of drug-likeness (QED) is 0.789. The molecule has 2 aromatic rings. The SMILES string of the molecule is CC(C(=O)N1CCN(c2cccnn2)CC1)n1cncn1. The Hall–Kier alpha value is -2.51. The molecule has 0 spiro atoms. The maximum Gasteiger partial charge on any atom is 0.247 e. The van der Waals surface area contributed by atoms with Crippen molar-refractivity contribution in [2.24, 2.45) is 0 Å². The Balaban J connectivity index is 1.59. The number of nitrogens with zero attached hydrogens (tertiary/aromatic N) is 7. The highest BCUT2D eigenvalue weighted by Crippen LogP contribution is 2.14. The molecular weight excluding hydrogens is 270 g/mol. The monoisotopic (exact) mass is 287 g/mol. The zero-order valence-electron chi connectivity index (χ0n) is 11.8. The molecule has 3 heterocycles. The second-order valence-corrected chi connectivity index (χ2v) is 4.95. The van der Waals surface area contributed by atoms with Crippen molar-refractivity contribution in [2.75, 3.05) is 31.1 Å². The summed E-state index contributed by atoms with van der Waals surface area (Å²) >= 11 is 0. The van der Waals surface area contributed by atoms with E-state index in [-0.39, 0.29) is 11.9 Å². The summed E-state index contributed by atoms with van der Waals surface area (Å²) < 4.78 is 1.58. The first-order valence-electron chi connectivity index (χ1n) is 6.91. The van der Waals surface area contributed by atoms with Gasteiger partial charge < -0.3 is 9.80 Å². The Morgan fingerprint density at radius 2 is 2.10 bits per heavy atom. The van der Waals surface area contributed by atoms with Gasteiger partial charge >= 0.3 is 0 Å². The summed E-state index contributed by atoms with van der Waals surface area (Å²) in [5.41, 5.74) is 0. The number of hydrogen-bond acceptors (Lipinski definition) is 6. The topological polar surface area (TPSA) is 80.0 Å². The Labute approximate surface area is 122 Å². The van der Waals surface area contributed by atoms with Crippen molar-refractivity contribution >= 4 is 11.7 Å². The summed E-state index contributed by atoms with van der Waals surface area (Å²) in [6, 6.07) is 3.48. The van der Waals surface area contributed by atoms with Gasteiger partial charge in [0.1, 0.15) is 18.7 Å². The smallest absolute Gasteiger partial charge is 0.247 e. The first-order chi connectivity index (χ1) is 10.3. The van der Waals surface area contributed by atoms with Crippen LogP contribution < -0.4 is 4.90 Å². The van der Waals surface area contributed by atoms with Crippen LogP contribution >= 0.6 is 0 Å². The Morgan fingerprint density at radius 3 is 2.71 bits per heavy atom. The Kier molecular flexibility index (Phi) is 3.76. The molecule has 3 rings (SSSR count). The lowest BCUT2D eigenvalue weighted by Crippen LogP contribution is -2.50. The summed E-state index contributed by atoms with van der Waals surface area (Å²) in [6.45, 7) is 4.71. The molecule has 8 nitrogen and oxygen atoms in total. The number of rotatable bonds is 3. The van der Waals surface area contributed by atoms with Crippen LogP contribution in [-0.2, 0) is 4.79 Å². The molecule has 1 aliphatic rings. The van der Waals surface area contributed by atoms with Crippen LogP contribution in [-0.4, -0.2) is 61.9 Å². The van der Waals surface area contributed by atoms with Crippen LogP contribution in [0.5, 0.6) is 0 Å². The lowest BCUT2D eigenvalue weighted by atomic mass is 10.2. The zero-order valence-corrected chi connectivity index (χ0v) is 11.8. The predicted octanol–water partition coefficient (Wildman–Crippen LogP) is -0.0221. The van der Waals surface area contributed by atoms with Gasteiger partial charge in [0, 0.05) is 32.4 Å². The van der Waals surface area contributed by atoms with Crippen LogP contribution in [0.25, 0.3) is 0 Å². The first-order valence-corrected chi connectivity index (χ1v) is 6.91. The zero-order chi connectivity index (χ0) is 14.7. The van der Waals surface area contributed by atoms with Gasteiger partial charge in [-0.05, 0) is 19.1 Å². The van der Waals surface area contributed by atoms with Crippen LogP contribution in [0.3, 0.4) is 0 Å². The number of hydrogen-bond donors (Lipinski definition) is 0. The summed E-state index contributed by atoms with van der Waals surface area (Å²) in [5.74, 6) is 0.924. The molecule has 1 fully saturated rings. The first kappa shape index (κ1) is 13.5. The molecule has 1 atom stereocenters. The lowest BCUT2D eigenvalue weighted by Gasteiger charge is -2.36. The molecule has 0 saturated carbocycles. The third-order valence-electron chi connectivity index (χ3n) is 3.66. The number of carbonyl (C=O) groups excluding carboxylic acids is 1. The average Bonchev–Trinajstić information content (AvgIpc) is 3.09. The number of piperazine rings is 1. The van der Waals surface area contributed by atoms with Gasteiger partial charge in [-0.15, -0.1) is 5.10 Å². The van der Waals surface area contributed by atoms with Gasteiger partial charge in [-0.2, -0.15) is 10.2 Å². The Bertz CT molecular complexity index is 578. The fraction of sp³-hybridized carbons (Fsp3) is 0.462. The Morgan fingerprint density at radius 1 is 1.29 bits per heavy atom. The minimum absolute atomic E-state index is 0.0688. The molecule has 0 aromatic carbocycles. The molecule has 0 radical (unpaired) electrons. The molecular formula is C13H17N7O. The van der Waals surface area contributed by atoms with E-state index >= 15 is 0 Å². The van der Waals surface area contributed by atoms with Gasteiger partial charge in [-0.25, -0.2) is 9.67 Å². The van der Waals surface area contributed by atoms with Gasteiger partial charge in [-0.1, -0.05) is 0 Å². The van der Waals surface area contributed by atoms with Crippen molar-refractivity contribution in [3.63, 3.8) is 0 Å². The molecule has 1 saturated heterocycles. The molecule has 1 unspecified atom stereocenters. The van der Waals surface area contributed by atoms with Gasteiger partial charge in [0.2, 0.25) is 5.91 Å². The second kappa shape index (κ2) is 5.86. The molecule has 110 valence electrons. The molecule has 0 N–H and O–H groups in total. The third kappa shape index (κ3) is 2.83. The van der Waals surface area contributed by atoms with Gasteiger partial charge in [0.15, 0.2) is 5.82 Å². The fourth-order valence-electron chi connectivity index (χ4n) is 2.41. The van der Waals surface area contributed by atoms with E-state index in [0.717, 1.165) is 18.9 Å². The van der Waals surface area contributed by atoms with Crippen molar-refractivity contribution in [1.29, 1.82) is 0 Å². The standard InChI is InChI=1S/C13H17N7O/c1-11(20-10-14-9-16-20)13(21)19-7-5-18(6-8-19)12-3-2-4-15-17-12/h2-4,9-11H,5-8H2,1H3. The van der Waals surface area contributed by atoms with E-state index in [1.807, 2.05) is 24.0 Å². The number of amides is 1. The van der Waals surface area contributed by atoms with Crippen molar-refractivity contribution in [3.05, 3.63) is 31.0 Å². The molecule has 1 aliphatic heterocycles. The summed E-state index contributed by atoms with van der Waals surface area (Å²) in [5, 5.41) is 12.0. The molecule has 0 bridgehead atoms. The highest BCUT2D eigenvalue weighted by atomic mass is 16.2. The van der Waals surface area contributed by atoms with Crippen LogP contribution in [0.4, 0.5) is 5.82 Å². The van der Waals surface area contributed by atoms with Crippen molar-refractivity contribution in [1.82, 2.24) is 29.9 Å². The normalized spacial score (nSPS) is 16.8. The second-order valence-electron chi connectivity index (χ2n) is 4.95. The predicted molar refractivity (Wildman–Crippen MR) is 75.6 cm³/mol. The van der Waals surface area contributed by atoms with Gasteiger partial charge in [-0.3, -0.25) is 4.79 Å². The molecule has 21 heavy (non-hydrogen) atoms. The van der Waals surface area contributed by atoms with E-state index in [0.29, 0.717) is 13.1 Å². The molecule has 8 heteroatoms. The largest absolute Gasteiger partial charge is 0.352 e. The molecule has 2 aromatic heterocycles. The van der Waals surface area contributed by atoms with E-state index in [2.05, 4.69) is 25.2 Å². The number of carbonyl (C=O) groups is 1. The van der Waals surface area contributed by atoms with Crippen LogP contribution in [0.15, 0.2) is 31.0 Å². The number of aromatic nitrogens is 5. The number of anilines is 1. The lowest BCUT2D eigenvalue weighted by molar-refractivity contribution is -0.134. The fourth-order valence-corrected chi connectivity index (χ4v) is 2.41. The summed E-state index contributed by atoms with van der Waals surface area (Å²) in [4.78, 5) is 20.3. The van der Waals surface area contributed by atoms with Crippen LogP contribution in [0.1, 0.15) is 13.0 Å². The average molecular weight is 287 g/mol. The highest BCUT2D eigenvalue weighted by molar-refractivity contribution is 5.80. The van der Waals surface area contributed by atoms with Crippen molar-refractivity contribution in [2.45, 2.75) is 13.0 Å². The van der Waals surface area contributed by atoms with Gasteiger partial charge in [0.25, 0.3) is 0 Å². The third-order valence-corrected chi connectivity index (χ3v) is 3.66. The highest BCUT2D eigenvalue weighted by Gasteiger charge is 2.26. The minimum atomic E-state index is -0.324. The van der Waals surface area contributed by atoms with Crippen LogP contribution in [0, 0.1) is 0 Å². The molecule has 0 aliphatic carbocycles. The maximum absolute atomic E-state index is 12.4. The van der Waals surface area contributed by atoms with E-state index < -0.39 is 0 Å².